The molecule has 0 saturated heterocycles. The zero-order chi connectivity index (χ0) is 20.0. The number of nitrogens with zero attached hydrogens (tertiary/aromatic N) is 3. The predicted molar refractivity (Wildman–Crippen MR) is 117 cm³/mol. The third kappa shape index (κ3) is 3.26. The minimum absolute atomic E-state index is 0.0618. The van der Waals surface area contributed by atoms with Gasteiger partial charge < -0.3 is 14.6 Å². The van der Waals surface area contributed by atoms with Gasteiger partial charge in [-0.15, -0.1) is 0 Å². The summed E-state index contributed by atoms with van der Waals surface area (Å²) < 4.78 is 2.18. The van der Waals surface area contributed by atoms with Crippen LogP contribution in [0.1, 0.15) is 26.7 Å². The minimum Gasteiger partial charge on any atom is -0.393 e. The van der Waals surface area contributed by atoms with Crippen molar-refractivity contribution in [2.75, 3.05) is 4.90 Å². The summed E-state index contributed by atoms with van der Waals surface area (Å²) in [6, 6.07) is 11.4. The van der Waals surface area contributed by atoms with E-state index in [4.69, 9.17) is 39.8 Å². The molecule has 2 aromatic carbocycles. The fraction of sp³-hybridized carbons (Fsp3) is 0.381. The molecule has 3 aromatic rings. The molecule has 7 heteroatoms. The van der Waals surface area contributed by atoms with E-state index >= 15 is 0 Å². The number of imidazole rings is 1. The number of aliphatic hydroxyl groups is 1. The van der Waals surface area contributed by atoms with E-state index in [1.165, 1.54) is 0 Å². The molecule has 3 atom stereocenters. The van der Waals surface area contributed by atoms with Crippen molar-refractivity contribution in [2.24, 2.45) is 5.92 Å². The average Bonchev–Trinajstić information content (AvgIpc) is 3.03. The summed E-state index contributed by atoms with van der Waals surface area (Å²) in [6.45, 7) is 4.76. The van der Waals surface area contributed by atoms with E-state index in [9.17, 15) is 5.11 Å². The minimum atomic E-state index is -0.442. The van der Waals surface area contributed by atoms with Gasteiger partial charge in [0.25, 0.3) is 0 Å². The average molecular weight is 439 g/mol. The molecule has 0 bridgehead atoms. The lowest BCUT2D eigenvalue weighted by Gasteiger charge is -2.42. The van der Waals surface area contributed by atoms with Gasteiger partial charge in [-0.25, -0.2) is 4.98 Å². The van der Waals surface area contributed by atoms with Gasteiger partial charge in [0, 0.05) is 23.5 Å². The second-order valence-corrected chi connectivity index (χ2v) is 8.56. The fourth-order valence-electron chi connectivity index (χ4n) is 4.35. The lowest BCUT2D eigenvalue weighted by atomic mass is 9.87. The third-order valence-corrected chi connectivity index (χ3v) is 6.50. The summed E-state index contributed by atoms with van der Waals surface area (Å²) >= 11 is 19.2. The van der Waals surface area contributed by atoms with Crippen molar-refractivity contribution in [1.82, 2.24) is 9.55 Å². The van der Waals surface area contributed by atoms with Gasteiger partial charge in [0.05, 0.1) is 27.4 Å². The van der Waals surface area contributed by atoms with Crippen LogP contribution < -0.4 is 4.90 Å². The molecular formula is C21H22Cl3N3O. The van der Waals surface area contributed by atoms with Crippen molar-refractivity contribution in [2.45, 2.75) is 45.4 Å². The Hall–Kier alpha value is -1.46. The molecule has 0 fully saturated rings. The number of benzene rings is 2. The van der Waals surface area contributed by atoms with Gasteiger partial charge in [0.1, 0.15) is 5.52 Å². The summed E-state index contributed by atoms with van der Waals surface area (Å²) in [5, 5.41) is 12.2. The van der Waals surface area contributed by atoms with Crippen LogP contribution in [0, 0.1) is 5.92 Å². The number of hydrogen-bond acceptors (Lipinski definition) is 3. The highest BCUT2D eigenvalue weighted by Crippen LogP contribution is 2.43. The number of aryl methyl sites for hydroxylation is 1. The van der Waals surface area contributed by atoms with E-state index in [0.717, 1.165) is 42.1 Å². The Morgan fingerprint density at radius 3 is 2.64 bits per heavy atom. The molecule has 2 heterocycles. The van der Waals surface area contributed by atoms with Crippen LogP contribution in [0.3, 0.4) is 0 Å². The van der Waals surface area contributed by atoms with Crippen LogP contribution in [0.4, 0.5) is 11.6 Å². The Morgan fingerprint density at radius 2 is 1.96 bits per heavy atom. The zero-order valence-electron chi connectivity index (χ0n) is 15.7. The summed E-state index contributed by atoms with van der Waals surface area (Å²) in [7, 11) is 0. The van der Waals surface area contributed by atoms with Crippen LogP contribution in [0.15, 0.2) is 36.4 Å². The van der Waals surface area contributed by atoms with Crippen LogP contribution in [0.5, 0.6) is 0 Å². The first-order valence-electron chi connectivity index (χ1n) is 9.49. The highest BCUT2D eigenvalue weighted by molar-refractivity contribution is 6.36. The van der Waals surface area contributed by atoms with Crippen molar-refractivity contribution in [3.8, 4) is 0 Å². The molecular weight excluding hydrogens is 417 g/mol. The van der Waals surface area contributed by atoms with Gasteiger partial charge in [-0.3, -0.25) is 0 Å². The number of halogens is 3. The molecule has 1 aromatic heterocycles. The van der Waals surface area contributed by atoms with Gasteiger partial charge in [-0.2, -0.15) is 0 Å². The van der Waals surface area contributed by atoms with Crippen LogP contribution >= 0.6 is 34.8 Å². The number of rotatable bonds is 4. The molecule has 28 heavy (non-hydrogen) atoms. The quantitative estimate of drug-likeness (QED) is 0.518. The number of fused-ring (bicyclic) bond motifs is 3. The monoisotopic (exact) mass is 437 g/mol. The molecule has 3 unspecified atom stereocenters. The Balaban J connectivity index is 1.95. The molecule has 1 aliphatic heterocycles. The normalized spacial score (nSPS) is 18.9. The topological polar surface area (TPSA) is 41.3 Å². The Labute approximate surface area is 179 Å². The van der Waals surface area contributed by atoms with Crippen LogP contribution in [0.25, 0.3) is 11.0 Å². The molecule has 1 N–H and O–H groups in total. The van der Waals surface area contributed by atoms with Gasteiger partial charge >= 0.3 is 0 Å². The number of aliphatic hydroxyl groups excluding tert-OH is 1. The first-order valence-corrected chi connectivity index (χ1v) is 10.6. The van der Waals surface area contributed by atoms with Gasteiger partial charge in [0.2, 0.25) is 5.95 Å². The zero-order valence-corrected chi connectivity index (χ0v) is 18.0. The molecule has 0 amide bonds. The standard InChI is InChI=1S/C21H22Cl3N3O/c1-3-14(12(2)28)17-9-10-26-19-6-4-5-15(23)20(19)25-21(26)27(17)18-8-7-13(22)11-16(18)24/h4-8,11-12,14,17,28H,3,9-10H2,1-2H3. The Kier molecular flexibility index (Phi) is 5.49. The summed E-state index contributed by atoms with van der Waals surface area (Å²) in [5.74, 6) is 0.874. The second-order valence-electron chi connectivity index (χ2n) is 7.31. The first-order chi connectivity index (χ1) is 13.4. The van der Waals surface area contributed by atoms with Crippen LogP contribution in [-0.2, 0) is 6.54 Å². The highest BCUT2D eigenvalue weighted by Gasteiger charge is 2.37. The van der Waals surface area contributed by atoms with Gasteiger partial charge in [-0.1, -0.05) is 47.8 Å². The number of para-hydroxylation sites is 1. The molecule has 0 spiro atoms. The molecule has 4 nitrogen and oxygen atoms in total. The summed E-state index contributed by atoms with van der Waals surface area (Å²) in [4.78, 5) is 7.04. The van der Waals surface area contributed by atoms with Crippen LogP contribution in [0.2, 0.25) is 15.1 Å². The van der Waals surface area contributed by atoms with E-state index in [2.05, 4.69) is 16.4 Å². The van der Waals surface area contributed by atoms with E-state index < -0.39 is 6.10 Å². The van der Waals surface area contributed by atoms with E-state index in [0.29, 0.717) is 15.1 Å². The van der Waals surface area contributed by atoms with Crippen molar-refractivity contribution in [3.63, 3.8) is 0 Å². The summed E-state index contributed by atoms with van der Waals surface area (Å²) in [5.41, 5.74) is 2.61. The van der Waals surface area contributed by atoms with E-state index in [1.54, 1.807) is 6.07 Å². The number of aromatic nitrogens is 2. The lowest BCUT2D eigenvalue weighted by molar-refractivity contribution is 0.101. The fourth-order valence-corrected chi connectivity index (χ4v) is 5.06. The number of hydrogen-bond donors (Lipinski definition) is 1. The first kappa shape index (κ1) is 19.8. The van der Waals surface area contributed by atoms with Crippen molar-refractivity contribution in [3.05, 3.63) is 51.5 Å². The van der Waals surface area contributed by atoms with Crippen molar-refractivity contribution >= 4 is 57.5 Å². The highest BCUT2D eigenvalue weighted by atomic mass is 35.5. The third-order valence-electron chi connectivity index (χ3n) is 5.66. The molecule has 1 aliphatic rings. The molecule has 0 aliphatic carbocycles. The molecule has 4 rings (SSSR count). The smallest absolute Gasteiger partial charge is 0.211 e. The van der Waals surface area contributed by atoms with E-state index in [1.807, 2.05) is 37.3 Å². The number of anilines is 2. The van der Waals surface area contributed by atoms with Crippen molar-refractivity contribution in [1.29, 1.82) is 0 Å². The molecule has 0 saturated carbocycles. The van der Waals surface area contributed by atoms with Crippen molar-refractivity contribution < 1.29 is 5.11 Å². The lowest BCUT2D eigenvalue weighted by Crippen LogP contribution is -2.46. The summed E-state index contributed by atoms with van der Waals surface area (Å²) in [6.07, 6.45) is 1.28. The second kappa shape index (κ2) is 7.75. The van der Waals surface area contributed by atoms with Gasteiger partial charge in [0.15, 0.2) is 0 Å². The van der Waals surface area contributed by atoms with Crippen LogP contribution in [-0.4, -0.2) is 26.8 Å². The predicted octanol–water partition coefficient (Wildman–Crippen LogP) is 6.31. The Morgan fingerprint density at radius 1 is 1.18 bits per heavy atom. The van der Waals surface area contributed by atoms with Gasteiger partial charge in [-0.05, 0) is 50.1 Å². The molecule has 0 radical (unpaired) electrons. The maximum absolute atomic E-state index is 10.4. The Bertz CT molecular complexity index is 1020. The largest absolute Gasteiger partial charge is 0.393 e. The van der Waals surface area contributed by atoms with E-state index in [-0.39, 0.29) is 12.0 Å². The molecule has 148 valence electrons. The SMILES string of the molecule is CCC(C(C)O)C1CCn2c(nc3c(Cl)cccc32)N1c1ccc(Cl)cc1Cl. The maximum atomic E-state index is 10.4. The maximum Gasteiger partial charge on any atom is 0.211 e.